The van der Waals surface area contributed by atoms with Crippen LogP contribution in [0.3, 0.4) is 0 Å². The maximum Gasteiger partial charge on any atom is 0.313 e. The molecule has 8 heteroatoms. The quantitative estimate of drug-likeness (QED) is 0.503. The fourth-order valence-electron chi connectivity index (χ4n) is 3.57. The van der Waals surface area contributed by atoms with E-state index in [0.29, 0.717) is 29.9 Å². The van der Waals surface area contributed by atoms with Crippen molar-refractivity contribution in [1.29, 1.82) is 0 Å². The van der Waals surface area contributed by atoms with E-state index in [1.165, 1.54) is 0 Å². The van der Waals surface area contributed by atoms with Crippen LogP contribution >= 0.6 is 11.3 Å². The van der Waals surface area contributed by atoms with Crippen molar-refractivity contribution in [3.63, 3.8) is 0 Å². The minimum Gasteiger partial charge on any atom is -0.387 e. The maximum absolute atomic E-state index is 12.3. The molecular weight excluding hydrogens is 426 g/mol. The van der Waals surface area contributed by atoms with Gasteiger partial charge in [0.1, 0.15) is 0 Å². The van der Waals surface area contributed by atoms with Gasteiger partial charge in [0.25, 0.3) is 0 Å². The highest BCUT2D eigenvalue weighted by Gasteiger charge is 2.22. The second-order valence-corrected chi connectivity index (χ2v) is 8.29. The van der Waals surface area contributed by atoms with E-state index in [9.17, 15) is 19.5 Å². The number of carbonyl (C=O) groups is 3. The largest absolute Gasteiger partial charge is 0.387 e. The molecule has 3 aromatic rings. The number of hydrogen-bond donors (Lipinski definition) is 3. The fourth-order valence-corrected chi connectivity index (χ4v) is 4.24. The molecule has 1 aliphatic rings. The van der Waals surface area contributed by atoms with Crippen LogP contribution in [0.1, 0.15) is 24.5 Å². The summed E-state index contributed by atoms with van der Waals surface area (Å²) in [6.45, 7) is 0.551. The van der Waals surface area contributed by atoms with E-state index >= 15 is 0 Å². The lowest BCUT2D eigenvalue weighted by atomic mass is 10.0. The number of nitrogens with zero attached hydrogens (tertiary/aromatic N) is 1. The highest BCUT2D eigenvalue weighted by molar-refractivity contribution is 7.08. The Morgan fingerprint density at radius 1 is 1.06 bits per heavy atom. The zero-order valence-electron chi connectivity index (χ0n) is 17.3. The van der Waals surface area contributed by atoms with E-state index in [1.54, 1.807) is 52.6 Å². The van der Waals surface area contributed by atoms with Crippen molar-refractivity contribution >= 4 is 40.4 Å². The Morgan fingerprint density at radius 2 is 1.88 bits per heavy atom. The zero-order chi connectivity index (χ0) is 22.5. The molecule has 0 radical (unpaired) electrons. The van der Waals surface area contributed by atoms with Gasteiger partial charge >= 0.3 is 11.8 Å². The summed E-state index contributed by atoms with van der Waals surface area (Å²) in [5.74, 6) is -1.64. The molecule has 1 saturated heterocycles. The smallest absolute Gasteiger partial charge is 0.313 e. The third kappa shape index (κ3) is 5.04. The molecule has 164 valence electrons. The molecule has 1 fully saturated rings. The second kappa shape index (κ2) is 9.76. The van der Waals surface area contributed by atoms with Crippen molar-refractivity contribution in [3.8, 4) is 11.1 Å². The number of aliphatic hydroxyl groups excluding tert-OH is 1. The van der Waals surface area contributed by atoms with E-state index in [2.05, 4.69) is 10.6 Å². The molecule has 1 aliphatic heterocycles. The highest BCUT2D eigenvalue weighted by Crippen LogP contribution is 2.25. The van der Waals surface area contributed by atoms with E-state index in [4.69, 9.17) is 0 Å². The Kier molecular flexibility index (Phi) is 6.63. The molecule has 3 N–H and O–H groups in total. The summed E-state index contributed by atoms with van der Waals surface area (Å²) in [6.07, 6.45) is 0.377. The first-order valence-electron chi connectivity index (χ1n) is 10.3. The van der Waals surface area contributed by atoms with Crippen molar-refractivity contribution in [2.75, 3.05) is 23.3 Å². The van der Waals surface area contributed by atoms with Gasteiger partial charge in [0.15, 0.2) is 0 Å². The van der Waals surface area contributed by atoms with E-state index < -0.39 is 17.9 Å². The van der Waals surface area contributed by atoms with Crippen LogP contribution in [0.5, 0.6) is 0 Å². The molecule has 4 rings (SSSR count). The predicted molar refractivity (Wildman–Crippen MR) is 124 cm³/mol. The zero-order valence-corrected chi connectivity index (χ0v) is 18.1. The summed E-state index contributed by atoms with van der Waals surface area (Å²) in [4.78, 5) is 38.0. The van der Waals surface area contributed by atoms with Gasteiger partial charge in [0.05, 0.1) is 6.10 Å². The van der Waals surface area contributed by atoms with E-state index in [-0.39, 0.29) is 12.5 Å². The summed E-state index contributed by atoms with van der Waals surface area (Å²) < 4.78 is 0. The molecule has 3 amide bonds. The summed E-state index contributed by atoms with van der Waals surface area (Å²) in [5.41, 5.74) is 3.91. The molecule has 32 heavy (non-hydrogen) atoms. The van der Waals surface area contributed by atoms with Crippen molar-refractivity contribution in [2.24, 2.45) is 0 Å². The van der Waals surface area contributed by atoms with Crippen LogP contribution in [0.25, 0.3) is 11.1 Å². The van der Waals surface area contributed by atoms with Gasteiger partial charge in [0.2, 0.25) is 5.91 Å². The van der Waals surface area contributed by atoms with Crippen molar-refractivity contribution in [1.82, 2.24) is 5.32 Å². The highest BCUT2D eigenvalue weighted by atomic mass is 32.1. The lowest BCUT2D eigenvalue weighted by molar-refractivity contribution is -0.136. The molecule has 0 bridgehead atoms. The number of rotatable bonds is 6. The van der Waals surface area contributed by atoms with Gasteiger partial charge in [-0.15, -0.1) is 0 Å². The predicted octanol–water partition coefficient (Wildman–Crippen LogP) is 3.33. The van der Waals surface area contributed by atoms with Crippen LogP contribution in [0.15, 0.2) is 65.4 Å². The maximum atomic E-state index is 12.3. The fraction of sp³-hybridized carbons (Fsp3) is 0.208. The molecule has 0 spiro atoms. The molecule has 1 unspecified atom stereocenters. The van der Waals surface area contributed by atoms with Gasteiger partial charge in [-0.05, 0) is 58.1 Å². The van der Waals surface area contributed by atoms with Crippen LogP contribution in [-0.4, -0.2) is 35.9 Å². The lowest BCUT2D eigenvalue weighted by Crippen LogP contribution is -2.37. The van der Waals surface area contributed by atoms with Crippen LogP contribution in [0.2, 0.25) is 0 Å². The van der Waals surface area contributed by atoms with Gasteiger partial charge in [-0.2, -0.15) is 11.3 Å². The average Bonchev–Trinajstić information content (AvgIpc) is 3.49. The number of amides is 3. The third-order valence-corrected chi connectivity index (χ3v) is 5.98. The van der Waals surface area contributed by atoms with Gasteiger partial charge in [-0.1, -0.05) is 30.3 Å². The van der Waals surface area contributed by atoms with Gasteiger partial charge in [-0.3, -0.25) is 14.4 Å². The molecule has 7 nitrogen and oxygen atoms in total. The first-order chi connectivity index (χ1) is 15.5. The van der Waals surface area contributed by atoms with Gasteiger partial charge in [-0.25, -0.2) is 0 Å². The lowest BCUT2D eigenvalue weighted by Gasteiger charge is -2.17. The van der Waals surface area contributed by atoms with Crippen molar-refractivity contribution in [3.05, 3.63) is 70.9 Å². The number of thiophene rings is 1. The molecule has 2 heterocycles. The molecule has 1 aromatic heterocycles. The Hall–Kier alpha value is -3.49. The summed E-state index contributed by atoms with van der Waals surface area (Å²) in [5, 5.41) is 19.4. The average molecular weight is 450 g/mol. The molecule has 0 saturated carbocycles. The first kappa shape index (κ1) is 21.7. The SMILES string of the molecule is O=C(NCC(O)c1ccc(-c2ccsc2)cc1)C(=O)Nc1cccc(N2CCCC2=O)c1. The van der Waals surface area contributed by atoms with Gasteiger partial charge in [0, 0.05) is 30.9 Å². The first-order valence-corrected chi connectivity index (χ1v) is 11.3. The van der Waals surface area contributed by atoms with Crippen LogP contribution < -0.4 is 15.5 Å². The number of nitrogens with one attached hydrogen (secondary N) is 2. The molecule has 0 aliphatic carbocycles. The van der Waals surface area contributed by atoms with Crippen LogP contribution in [0.4, 0.5) is 11.4 Å². The van der Waals surface area contributed by atoms with Crippen LogP contribution in [0, 0.1) is 0 Å². The Labute approximate surface area is 189 Å². The molecular formula is C24H23N3O4S. The topological polar surface area (TPSA) is 98.7 Å². The number of aliphatic hydroxyl groups is 1. The van der Waals surface area contributed by atoms with E-state index in [1.807, 2.05) is 29.0 Å². The normalized spacial score (nSPS) is 14.3. The van der Waals surface area contributed by atoms with E-state index in [0.717, 1.165) is 17.5 Å². The summed E-state index contributed by atoms with van der Waals surface area (Å²) in [6, 6.07) is 16.3. The Balaban J connectivity index is 1.30. The van der Waals surface area contributed by atoms with Gasteiger partial charge < -0.3 is 20.6 Å². The number of anilines is 2. The molecule has 2 aromatic carbocycles. The minimum atomic E-state index is -0.937. The number of benzene rings is 2. The summed E-state index contributed by atoms with van der Waals surface area (Å²) >= 11 is 1.61. The number of carbonyl (C=O) groups excluding carboxylic acids is 3. The monoisotopic (exact) mass is 449 g/mol. The third-order valence-electron chi connectivity index (χ3n) is 5.30. The second-order valence-electron chi connectivity index (χ2n) is 7.51. The Morgan fingerprint density at radius 3 is 2.56 bits per heavy atom. The summed E-state index contributed by atoms with van der Waals surface area (Å²) in [7, 11) is 0. The standard InChI is InChI=1S/C24H23N3O4S/c28-21(17-8-6-16(7-9-17)18-10-12-32-15-18)14-25-23(30)24(31)26-19-3-1-4-20(13-19)27-11-2-5-22(27)29/h1,3-4,6-10,12-13,15,21,28H,2,5,11,14H2,(H,25,30)(H,26,31). The minimum absolute atomic E-state index is 0.0450. The number of hydrogen-bond acceptors (Lipinski definition) is 5. The van der Waals surface area contributed by atoms with Crippen molar-refractivity contribution < 1.29 is 19.5 Å². The Bertz CT molecular complexity index is 1110. The molecule has 1 atom stereocenters. The van der Waals surface area contributed by atoms with Crippen LogP contribution in [-0.2, 0) is 14.4 Å². The van der Waals surface area contributed by atoms with Crippen molar-refractivity contribution in [2.45, 2.75) is 18.9 Å².